The molecular formula is C12H13N3O3. The summed E-state index contributed by atoms with van der Waals surface area (Å²) in [6.45, 7) is 0.729. The fraction of sp³-hybridized carbons (Fsp3) is 0.417. The van der Waals surface area contributed by atoms with Gasteiger partial charge in [-0.1, -0.05) is 0 Å². The van der Waals surface area contributed by atoms with Crippen molar-refractivity contribution in [3.05, 3.63) is 29.6 Å². The molecule has 1 aromatic rings. The van der Waals surface area contributed by atoms with Crippen molar-refractivity contribution in [1.29, 1.82) is 5.26 Å². The Morgan fingerprint density at radius 3 is 3.11 bits per heavy atom. The number of hydrogen-bond donors (Lipinski definition) is 2. The summed E-state index contributed by atoms with van der Waals surface area (Å²) in [6, 6.07) is 4.64. The van der Waals surface area contributed by atoms with Crippen LogP contribution in [0.15, 0.2) is 18.3 Å². The molecule has 94 valence electrons. The van der Waals surface area contributed by atoms with Crippen LogP contribution in [0.1, 0.15) is 17.7 Å². The van der Waals surface area contributed by atoms with Crippen molar-refractivity contribution in [2.45, 2.75) is 25.1 Å². The first-order chi connectivity index (χ1) is 8.60. The lowest BCUT2D eigenvalue weighted by Crippen LogP contribution is -2.35. The molecule has 18 heavy (non-hydrogen) atoms. The SMILES string of the molecule is N#Cc1cc(CN2CC(O)CC2C(=O)O)ccn1. The van der Waals surface area contributed by atoms with E-state index in [4.69, 9.17) is 10.4 Å². The molecule has 1 aliphatic heterocycles. The van der Waals surface area contributed by atoms with E-state index in [0.29, 0.717) is 18.8 Å². The van der Waals surface area contributed by atoms with Gasteiger partial charge in [0.1, 0.15) is 17.8 Å². The van der Waals surface area contributed by atoms with Crippen LogP contribution < -0.4 is 0 Å². The van der Waals surface area contributed by atoms with Gasteiger partial charge in [-0.2, -0.15) is 5.26 Å². The van der Waals surface area contributed by atoms with Gasteiger partial charge >= 0.3 is 5.97 Å². The average molecular weight is 247 g/mol. The molecule has 0 saturated carbocycles. The summed E-state index contributed by atoms with van der Waals surface area (Å²) in [7, 11) is 0. The summed E-state index contributed by atoms with van der Waals surface area (Å²) < 4.78 is 0. The zero-order chi connectivity index (χ0) is 13.1. The minimum absolute atomic E-state index is 0.242. The first-order valence-corrected chi connectivity index (χ1v) is 5.60. The molecule has 0 aromatic carbocycles. The molecule has 0 radical (unpaired) electrons. The van der Waals surface area contributed by atoms with Crippen molar-refractivity contribution >= 4 is 5.97 Å². The van der Waals surface area contributed by atoms with Gasteiger partial charge in [0.15, 0.2) is 0 Å². The molecule has 0 spiro atoms. The number of carboxylic acid groups (broad SMARTS) is 1. The van der Waals surface area contributed by atoms with Crippen molar-refractivity contribution in [3.8, 4) is 6.07 Å². The van der Waals surface area contributed by atoms with Gasteiger partial charge in [-0.05, 0) is 17.7 Å². The Labute approximate surface area is 104 Å². The van der Waals surface area contributed by atoms with Crippen LogP contribution in [0.2, 0.25) is 0 Å². The smallest absolute Gasteiger partial charge is 0.321 e. The third-order valence-electron chi connectivity index (χ3n) is 2.99. The van der Waals surface area contributed by atoms with E-state index in [9.17, 15) is 9.90 Å². The maximum atomic E-state index is 11.1. The molecule has 2 N–H and O–H groups in total. The van der Waals surface area contributed by atoms with Crippen molar-refractivity contribution < 1.29 is 15.0 Å². The Morgan fingerprint density at radius 2 is 2.44 bits per heavy atom. The number of rotatable bonds is 3. The molecule has 1 aromatic heterocycles. The molecule has 1 saturated heterocycles. The topological polar surface area (TPSA) is 97.5 Å². The second-order valence-corrected chi connectivity index (χ2v) is 4.33. The molecule has 1 aliphatic rings. The summed E-state index contributed by atoms with van der Waals surface area (Å²) >= 11 is 0. The first kappa shape index (κ1) is 12.5. The fourth-order valence-corrected chi connectivity index (χ4v) is 2.18. The summed E-state index contributed by atoms with van der Waals surface area (Å²) in [6.07, 6.45) is 1.16. The standard InChI is InChI=1S/C12H13N3O3/c13-5-9-3-8(1-2-14-9)6-15-7-10(16)4-11(15)12(17)18/h1-3,10-11,16H,4,6-7H2,(H,17,18). The van der Waals surface area contributed by atoms with E-state index in [1.165, 1.54) is 6.20 Å². The van der Waals surface area contributed by atoms with E-state index in [0.717, 1.165) is 5.56 Å². The van der Waals surface area contributed by atoms with Gasteiger partial charge in [0, 0.05) is 25.7 Å². The van der Waals surface area contributed by atoms with Gasteiger partial charge in [-0.15, -0.1) is 0 Å². The second-order valence-electron chi connectivity index (χ2n) is 4.33. The average Bonchev–Trinajstić information content (AvgIpc) is 2.70. The molecule has 2 rings (SSSR count). The molecule has 0 bridgehead atoms. The predicted molar refractivity (Wildman–Crippen MR) is 61.4 cm³/mol. The lowest BCUT2D eigenvalue weighted by Gasteiger charge is -2.20. The van der Waals surface area contributed by atoms with Crippen LogP contribution in [0.4, 0.5) is 0 Å². The molecule has 0 aliphatic carbocycles. The number of pyridine rings is 1. The third-order valence-corrected chi connectivity index (χ3v) is 2.99. The van der Waals surface area contributed by atoms with Gasteiger partial charge < -0.3 is 10.2 Å². The van der Waals surface area contributed by atoms with Crippen LogP contribution in [-0.2, 0) is 11.3 Å². The zero-order valence-electron chi connectivity index (χ0n) is 9.65. The van der Waals surface area contributed by atoms with Crippen LogP contribution in [0.3, 0.4) is 0 Å². The number of nitriles is 1. The Balaban J connectivity index is 2.12. The largest absolute Gasteiger partial charge is 0.480 e. The Bertz CT molecular complexity index is 498. The van der Waals surface area contributed by atoms with Gasteiger partial charge in [0.2, 0.25) is 0 Å². The Hall–Kier alpha value is -1.97. The third kappa shape index (κ3) is 2.64. The summed E-state index contributed by atoms with van der Waals surface area (Å²) in [5.74, 6) is -0.930. The highest BCUT2D eigenvalue weighted by Crippen LogP contribution is 2.20. The number of hydrogen-bond acceptors (Lipinski definition) is 5. The highest BCUT2D eigenvalue weighted by Gasteiger charge is 2.35. The van der Waals surface area contributed by atoms with Crippen molar-refractivity contribution in [1.82, 2.24) is 9.88 Å². The minimum Gasteiger partial charge on any atom is -0.480 e. The van der Waals surface area contributed by atoms with Crippen LogP contribution in [0.5, 0.6) is 0 Å². The molecule has 6 heteroatoms. The van der Waals surface area contributed by atoms with Crippen molar-refractivity contribution in [2.75, 3.05) is 6.54 Å². The van der Waals surface area contributed by atoms with Gasteiger partial charge in [0.05, 0.1) is 6.10 Å². The van der Waals surface area contributed by atoms with Gasteiger partial charge in [0.25, 0.3) is 0 Å². The van der Waals surface area contributed by atoms with E-state index in [1.54, 1.807) is 17.0 Å². The van der Waals surface area contributed by atoms with Crippen LogP contribution >= 0.6 is 0 Å². The van der Waals surface area contributed by atoms with E-state index >= 15 is 0 Å². The van der Waals surface area contributed by atoms with Crippen molar-refractivity contribution in [3.63, 3.8) is 0 Å². The number of aliphatic carboxylic acids is 1. The maximum absolute atomic E-state index is 11.1. The van der Waals surface area contributed by atoms with Crippen LogP contribution in [0.25, 0.3) is 0 Å². The lowest BCUT2D eigenvalue weighted by molar-refractivity contribution is -0.142. The number of nitrogens with zero attached hydrogens (tertiary/aromatic N) is 3. The molecule has 2 heterocycles. The summed E-state index contributed by atoms with van der Waals surface area (Å²) in [5.41, 5.74) is 1.13. The molecule has 6 nitrogen and oxygen atoms in total. The van der Waals surface area contributed by atoms with Crippen molar-refractivity contribution in [2.24, 2.45) is 0 Å². The number of aromatic nitrogens is 1. The number of likely N-dealkylation sites (tertiary alicyclic amines) is 1. The van der Waals surface area contributed by atoms with Crippen LogP contribution in [-0.4, -0.2) is 44.8 Å². The second kappa shape index (κ2) is 5.12. The number of β-amino-alcohol motifs (C(OH)–C–C–N with tert-alkyl or cyclic N) is 1. The highest BCUT2D eigenvalue weighted by atomic mass is 16.4. The molecule has 0 amide bonds. The lowest BCUT2D eigenvalue weighted by atomic mass is 10.2. The van der Waals surface area contributed by atoms with E-state index in [2.05, 4.69) is 4.98 Å². The predicted octanol–water partition coefficient (Wildman–Crippen LogP) is -0.0269. The molecule has 2 atom stereocenters. The highest BCUT2D eigenvalue weighted by molar-refractivity contribution is 5.74. The van der Waals surface area contributed by atoms with Crippen LogP contribution in [0, 0.1) is 11.3 Å². The number of aliphatic hydroxyl groups excluding tert-OH is 1. The quantitative estimate of drug-likeness (QED) is 0.778. The van der Waals surface area contributed by atoms with Gasteiger partial charge in [-0.3, -0.25) is 9.69 Å². The summed E-state index contributed by atoms with van der Waals surface area (Å²) in [5, 5.41) is 27.3. The van der Waals surface area contributed by atoms with E-state index in [-0.39, 0.29) is 6.42 Å². The van der Waals surface area contributed by atoms with Gasteiger partial charge in [-0.25, -0.2) is 4.98 Å². The number of carbonyl (C=O) groups is 1. The Kier molecular flexibility index (Phi) is 3.55. The monoisotopic (exact) mass is 247 g/mol. The molecule has 2 unspecified atom stereocenters. The first-order valence-electron chi connectivity index (χ1n) is 5.60. The fourth-order valence-electron chi connectivity index (χ4n) is 2.18. The molecule has 1 fully saturated rings. The number of carboxylic acids is 1. The normalized spacial score (nSPS) is 23.8. The molecular weight excluding hydrogens is 234 g/mol. The van der Waals surface area contributed by atoms with E-state index < -0.39 is 18.1 Å². The zero-order valence-corrected chi connectivity index (χ0v) is 9.65. The summed E-state index contributed by atoms with van der Waals surface area (Å²) in [4.78, 5) is 16.6. The maximum Gasteiger partial charge on any atom is 0.321 e. The minimum atomic E-state index is -0.930. The number of aliphatic hydroxyl groups is 1. The van der Waals surface area contributed by atoms with E-state index in [1.807, 2.05) is 6.07 Å². The Morgan fingerprint density at radius 1 is 1.67 bits per heavy atom.